The van der Waals surface area contributed by atoms with Crippen molar-refractivity contribution < 1.29 is 31.9 Å². The predicted molar refractivity (Wildman–Crippen MR) is 103 cm³/mol. The fraction of sp³-hybridized carbons (Fsp3) is 0.450. The monoisotopic (exact) mass is 440 g/mol. The Kier molecular flexibility index (Phi) is 6.38. The van der Waals surface area contributed by atoms with Crippen molar-refractivity contribution in [2.45, 2.75) is 25.6 Å². The van der Waals surface area contributed by atoms with Crippen molar-refractivity contribution in [1.82, 2.24) is 5.32 Å². The van der Waals surface area contributed by atoms with Gasteiger partial charge < -0.3 is 15.0 Å². The van der Waals surface area contributed by atoms with E-state index >= 15 is 0 Å². The number of amides is 2. The van der Waals surface area contributed by atoms with Crippen LogP contribution in [-0.2, 0) is 9.53 Å². The van der Waals surface area contributed by atoms with Gasteiger partial charge in [0.25, 0.3) is 0 Å². The van der Waals surface area contributed by atoms with Gasteiger partial charge in [0.15, 0.2) is 0 Å². The summed E-state index contributed by atoms with van der Waals surface area (Å²) in [5, 5.41) is 10.5. The van der Waals surface area contributed by atoms with Crippen LogP contribution in [0.25, 0.3) is 0 Å². The lowest BCUT2D eigenvalue weighted by Crippen LogP contribution is -2.41. The SMILES string of the molecule is CC1CN(c2ccc(N3C[C@H](CNC(=O)C(F)(F)F)OC3=O)cc2F)CC/C1=C\C#N. The number of nitrogens with one attached hydrogen (secondary N) is 1. The molecule has 0 aliphatic carbocycles. The van der Waals surface area contributed by atoms with Gasteiger partial charge in [-0.15, -0.1) is 0 Å². The topological polar surface area (TPSA) is 85.7 Å². The molecule has 0 radical (unpaired) electrons. The number of anilines is 2. The third-order valence-electron chi connectivity index (χ3n) is 5.25. The summed E-state index contributed by atoms with van der Waals surface area (Å²) in [6.07, 6.45) is -4.70. The minimum Gasteiger partial charge on any atom is -0.442 e. The molecule has 31 heavy (non-hydrogen) atoms. The van der Waals surface area contributed by atoms with Gasteiger partial charge in [-0.25, -0.2) is 9.18 Å². The third-order valence-corrected chi connectivity index (χ3v) is 5.25. The second-order valence-electron chi connectivity index (χ2n) is 7.41. The molecule has 0 spiro atoms. The quantitative estimate of drug-likeness (QED) is 0.575. The number of halogens is 4. The van der Waals surface area contributed by atoms with Crippen LogP contribution in [0.3, 0.4) is 0 Å². The van der Waals surface area contributed by atoms with E-state index in [-0.39, 0.29) is 18.2 Å². The fourth-order valence-electron chi connectivity index (χ4n) is 3.63. The van der Waals surface area contributed by atoms with Crippen molar-refractivity contribution in [3.05, 3.63) is 35.7 Å². The Morgan fingerprint density at radius 1 is 1.39 bits per heavy atom. The molecule has 11 heteroatoms. The summed E-state index contributed by atoms with van der Waals surface area (Å²) < 4.78 is 56.6. The number of allylic oxidation sites excluding steroid dienone is 1. The Morgan fingerprint density at radius 3 is 2.74 bits per heavy atom. The fourth-order valence-corrected chi connectivity index (χ4v) is 3.63. The summed E-state index contributed by atoms with van der Waals surface area (Å²) in [4.78, 5) is 25.9. The Hall–Kier alpha value is -3.29. The van der Waals surface area contributed by atoms with Crippen LogP contribution < -0.4 is 15.1 Å². The number of hydrogen-bond donors (Lipinski definition) is 1. The number of ether oxygens (including phenoxy) is 1. The summed E-state index contributed by atoms with van der Waals surface area (Å²) in [6, 6.07) is 6.24. The lowest BCUT2D eigenvalue weighted by atomic mass is 9.92. The molecule has 0 bridgehead atoms. The highest BCUT2D eigenvalue weighted by atomic mass is 19.4. The number of alkyl halides is 3. The summed E-state index contributed by atoms with van der Waals surface area (Å²) >= 11 is 0. The van der Waals surface area contributed by atoms with E-state index < -0.39 is 36.6 Å². The van der Waals surface area contributed by atoms with E-state index in [1.54, 1.807) is 5.32 Å². The Balaban J connectivity index is 1.65. The van der Waals surface area contributed by atoms with Gasteiger partial charge in [-0.3, -0.25) is 9.69 Å². The highest BCUT2D eigenvalue weighted by molar-refractivity contribution is 5.90. The zero-order valence-electron chi connectivity index (χ0n) is 16.6. The molecule has 2 atom stereocenters. The molecule has 0 aromatic heterocycles. The first kappa shape index (κ1) is 22.4. The van der Waals surface area contributed by atoms with Crippen LogP contribution >= 0.6 is 0 Å². The normalized spacial score (nSPS) is 23.0. The van der Waals surface area contributed by atoms with Crippen LogP contribution in [0.4, 0.5) is 33.7 Å². The molecule has 2 heterocycles. The smallest absolute Gasteiger partial charge is 0.442 e. The van der Waals surface area contributed by atoms with E-state index in [9.17, 15) is 27.2 Å². The van der Waals surface area contributed by atoms with Gasteiger partial charge >= 0.3 is 18.2 Å². The summed E-state index contributed by atoms with van der Waals surface area (Å²) in [6.45, 7) is 2.40. The summed E-state index contributed by atoms with van der Waals surface area (Å²) in [7, 11) is 0. The van der Waals surface area contributed by atoms with Crippen LogP contribution in [0.5, 0.6) is 0 Å². The van der Waals surface area contributed by atoms with Crippen molar-refractivity contribution in [3.63, 3.8) is 0 Å². The Bertz CT molecular complexity index is 941. The lowest BCUT2D eigenvalue weighted by molar-refractivity contribution is -0.173. The maximum Gasteiger partial charge on any atom is 0.471 e. The maximum absolute atomic E-state index is 14.8. The van der Waals surface area contributed by atoms with Gasteiger partial charge in [0.2, 0.25) is 0 Å². The minimum absolute atomic E-state index is 0.0914. The molecule has 3 rings (SSSR count). The highest BCUT2D eigenvalue weighted by Gasteiger charge is 2.40. The number of piperidine rings is 1. The number of hydrogen-bond acceptors (Lipinski definition) is 5. The van der Waals surface area contributed by atoms with Crippen molar-refractivity contribution in [2.24, 2.45) is 5.92 Å². The summed E-state index contributed by atoms with van der Waals surface area (Å²) in [5.74, 6) is -2.59. The van der Waals surface area contributed by atoms with Crippen molar-refractivity contribution in [1.29, 1.82) is 5.26 Å². The minimum atomic E-state index is -5.03. The third kappa shape index (κ3) is 5.07. The standard InChI is InChI=1S/C20H20F4N4O3/c1-12-10-27(7-5-13(12)4-6-25)17-3-2-14(8-16(17)21)28-11-15(31-19(28)30)9-26-18(29)20(22,23)24/h2-4,8,12,15H,5,7,9-11H2,1H3,(H,26,29)/b13-4+/t12?,15-/m0/s1. The first-order valence-corrected chi connectivity index (χ1v) is 9.56. The van der Waals surface area contributed by atoms with E-state index in [0.29, 0.717) is 25.2 Å². The molecule has 2 amide bonds. The molecule has 1 aromatic rings. The van der Waals surface area contributed by atoms with Gasteiger partial charge in [0.1, 0.15) is 11.9 Å². The molecule has 2 aliphatic heterocycles. The largest absolute Gasteiger partial charge is 0.471 e. The van der Waals surface area contributed by atoms with Crippen LogP contribution in [-0.4, -0.2) is 50.5 Å². The molecule has 2 fully saturated rings. The van der Waals surface area contributed by atoms with Gasteiger partial charge in [-0.2, -0.15) is 18.4 Å². The van der Waals surface area contributed by atoms with Crippen LogP contribution in [0.1, 0.15) is 13.3 Å². The maximum atomic E-state index is 14.8. The zero-order valence-corrected chi connectivity index (χ0v) is 16.6. The molecule has 2 saturated heterocycles. The van der Waals surface area contributed by atoms with Crippen LogP contribution in [0, 0.1) is 23.1 Å². The first-order valence-electron chi connectivity index (χ1n) is 9.56. The van der Waals surface area contributed by atoms with E-state index in [1.807, 2.05) is 17.9 Å². The zero-order chi connectivity index (χ0) is 22.8. The Morgan fingerprint density at radius 2 is 2.13 bits per heavy atom. The van der Waals surface area contributed by atoms with Crippen LogP contribution in [0.2, 0.25) is 0 Å². The second kappa shape index (κ2) is 8.83. The number of rotatable bonds is 4. The average Bonchev–Trinajstić information content (AvgIpc) is 3.07. The van der Waals surface area contributed by atoms with E-state index in [2.05, 4.69) is 0 Å². The molecular formula is C20H20F4N4O3. The molecule has 1 unspecified atom stereocenters. The highest BCUT2D eigenvalue weighted by Crippen LogP contribution is 2.32. The Labute approximate surface area is 175 Å². The van der Waals surface area contributed by atoms with Gasteiger partial charge in [-0.1, -0.05) is 12.5 Å². The number of benzene rings is 1. The van der Waals surface area contributed by atoms with E-state index in [4.69, 9.17) is 10.00 Å². The number of carbonyl (C=O) groups excluding carboxylic acids is 2. The number of cyclic esters (lactones) is 1. The van der Waals surface area contributed by atoms with E-state index in [1.165, 1.54) is 24.3 Å². The molecule has 1 aromatic carbocycles. The van der Waals surface area contributed by atoms with Crippen LogP contribution in [0.15, 0.2) is 29.8 Å². The molecular weight excluding hydrogens is 420 g/mol. The van der Waals surface area contributed by atoms with Gasteiger partial charge in [-0.05, 0) is 30.5 Å². The first-order chi connectivity index (χ1) is 14.6. The van der Waals surface area contributed by atoms with Gasteiger partial charge in [0, 0.05) is 19.2 Å². The van der Waals surface area contributed by atoms with Crippen molar-refractivity contribution in [3.8, 4) is 6.07 Å². The summed E-state index contributed by atoms with van der Waals surface area (Å²) in [5.41, 5.74) is 1.57. The van der Waals surface area contributed by atoms with Gasteiger partial charge in [0.05, 0.1) is 30.5 Å². The second-order valence-corrected chi connectivity index (χ2v) is 7.41. The molecule has 1 N–H and O–H groups in total. The predicted octanol–water partition coefficient (Wildman–Crippen LogP) is 3.13. The molecule has 7 nitrogen and oxygen atoms in total. The lowest BCUT2D eigenvalue weighted by Gasteiger charge is -2.34. The molecule has 2 aliphatic rings. The van der Waals surface area contributed by atoms with Crippen molar-refractivity contribution in [2.75, 3.05) is 36.0 Å². The number of nitriles is 1. The van der Waals surface area contributed by atoms with Crippen molar-refractivity contribution >= 4 is 23.4 Å². The van der Waals surface area contributed by atoms with E-state index in [0.717, 1.165) is 10.5 Å². The molecule has 0 saturated carbocycles. The molecule has 166 valence electrons. The number of nitrogens with zero attached hydrogens (tertiary/aromatic N) is 3. The average molecular weight is 440 g/mol. The number of carbonyl (C=O) groups is 2.